The lowest BCUT2D eigenvalue weighted by molar-refractivity contribution is -0.185. The van der Waals surface area contributed by atoms with Crippen LogP contribution in [0, 0.1) is 5.92 Å². The molecule has 2 atom stereocenters. The molecule has 1 aliphatic rings. The molecule has 1 aromatic rings. The number of nitrogens with one attached hydrogen (secondary N) is 1. The maximum atomic E-state index is 12.7. The van der Waals surface area contributed by atoms with E-state index in [1.165, 1.54) is 6.92 Å². The lowest BCUT2D eigenvalue weighted by atomic mass is 9.74. The van der Waals surface area contributed by atoms with E-state index in [-0.39, 0.29) is 37.3 Å². The zero-order valence-corrected chi connectivity index (χ0v) is 16.8. The molecule has 5 nitrogen and oxygen atoms in total. The first kappa shape index (κ1) is 24.2. The fourth-order valence-corrected chi connectivity index (χ4v) is 3.49. The summed E-state index contributed by atoms with van der Waals surface area (Å²) in [5.74, 6) is -2.37. The van der Waals surface area contributed by atoms with Gasteiger partial charge in [0.25, 0.3) is 0 Å². The number of hydrogen-bond donors (Lipinski definition) is 2. The van der Waals surface area contributed by atoms with Crippen molar-refractivity contribution in [3.05, 3.63) is 29.8 Å². The van der Waals surface area contributed by atoms with Crippen molar-refractivity contribution in [3.63, 3.8) is 0 Å². The Morgan fingerprint density at radius 3 is 2.57 bits per heavy atom. The fraction of sp³-hybridized carbons (Fsp3) is 0.579. The molecule has 1 aromatic carbocycles. The Balaban J connectivity index is 0.00000392. The third kappa shape index (κ3) is 6.10. The molecule has 1 saturated carbocycles. The number of carbonyl (C=O) groups is 2. The molecule has 28 heavy (non-hydrogen) atoms. The van der Waals surface area contributed by atoms with Gasteiger partial charge in [-0.15, -0.1) is 12.4 Å². The molecule has 0 heterocycles. The lowest BCUT2D eigenvalue weighted by Gasteiger charge is -2.37. The number of nitrogens with two attached hydrogens (primary N) is 1. The predicted octanol–water partition coefficient (Wildman–Crippen LogP) is 3.87. The van der Waals surface area contributed by atoms with E-state index in [1.54, 1.807) is 24.3 Å². The SMILES string of the molecule is CCN(Cc1cccc(NC(=O)C2CCCCC2(C)N)c1)C(=O)C(F)(F)F.Cl. The number of carbonyl (C=O) groups excluding carboxylic acids is 2. The lowest BCUT2D eigenvalue weighted by Crippen LogP contribution is -2.51. The highest BCUT2D eigenvalue weighted by molar-refractivity contribution is 5.93. The standard InChI is InChI=1S/C19H26F3N3O2.ClH/c1-3-25(17(27)19(20,21)22)12-13-7-6-8-14(11-13)24-16(26)15-9-4-5-10-18(15,2)23;/h6-8,11,15H,3-5,9-10,12,23H2,1-2H3,(H,24,26);1H. The summed E-state index contributed by atoms with van der Waals surface area (Å²) >= 11 is 0. The molecule has 2 unspecified atom stereocenters. The summed E-state index contributed by atoms with van der Waals surface area (Å²) < 4.78 is 38.0. The van der Waals surface area contributed by atoms with Crippen molar-refractivity contribution >= 4 is 29.9 Å². The second-order valence-corrected chi connectivity index (χ2v) is 7.31. The van der Waals surface area contributed by atoms with Gasteiger partial charge in [0, 0.05) is 24.3 Å². The average Bonchev–Trinajstić information content (AvgIpc) is 2.58. The van der Waals surface area contributed by atoms with Crippen LogP contribution in [0.4, 0.5) is 18.9 Å². The average molecular weight is 422 g/mol. The minimum atomic E-state index is -4.91. The molecule has 0 aromatic heterocycles. The molecule has 0 spiro atoms. The Kier molecular flexibility index (Phi) is 8.31. The Labute approximate surface area is 169 Å². The monoisotopic (exact) mass is 421 g/mol. The number of hydrogen-bond acceptors (Lipinski definition) is 3. The smallest absolute Gasteiger partial charge is 0.331 e. The summed E-state index contributed by atoms with van der Waals surface area (Å²) in [6, 6.07) is 6.51. The maximum absolute atomic E-state index is 12.7. The summed E-state index contributed by atoms with van der Waals surface area (Å²) in [5.41, 5.74) is 6.67. The van der Waals surface area contributed by atoms with E-state index < -0.39 is 17.6 Å². The molecule has 0 radical (unpaired) electrons. The van der Waals surface area contributed by atoms with E-state index >= 15 is 0 Å². The van der Waals surface area contributed by atoms with Crippen LogP contribution in [0.5, 0.6) is 0 Å². The van der Waals surface area contributed by atoms with Gasteiger partial charge >= 0.3 is 12.1 Å². The summed E-state index contributed by atoms with van der Waals surface area (Å²) in [6.45, 7) is 3.11. The highest BCUT2D eigenvalue weighted by atomic mass is 35.5. The van der Waals surface area contributed by atoms with Crippen molar-refractivity contribution in [2.75, 3.05) is 11.9 Å². The molecular formula is C19H27ClF3N3O2. The van der Waals surface area contributed by atoms with Gasteiger partial charge in [0.05, 0.1) is 5.92 Å². The van der Waals surface area contributed by atoms with Crippen LogP contribution in [-0.2, 0) is 16.1 Å². The van der Waals surface area contributed by atoms with Crippen molar-refractivity contribution < 1.29 is 22.8 Å². The van der Waals surface area contributed by atoms with E-state index in [0.717, 1.165) is 24.2 Å². The second-order valence-electron chi connectivity index (χ2n) is 7.31. The maximum Gasteiger partial charge on any atom is 0.471 e. The highest BCUT2D eigenvalue weighted by Gasteiger charge is 2.42. The van der Waals surface area contributed by atoms with E-state index in [2.05, 4.69) is 5.32 Å². The summed E-state index contributed by atoms with van der Waals surface area (Å²) in [6.07, 6.45) is -1.49. The summed E-state index contributed by atoms with van der Waals surface area (Å²) in [5, 5.41) is 2.81. The van der Waals surface area contributed by atoms with Crippen LogP contribution in [0.3, 0.4) is 0 Å². The zero-order valence-electron chi connectivity index (χ0n) is 16.0. The minimum absolute atomic E-state index is 0. The summed E-state index contributed by atoms with van der Waals surface area (Å²) in [7, 11) is 0. The van der Waals surface area contributed by atoms with Gasteiger partial charge in [-0.2, -0.15) is 13.2 Å². The Morgan fingerprint density at radius 1 is 1.32 bits per heavy atom. The molecule has 0 saturated heterocycles. The van der Waals surface area contributed by atoms with Crippen molar-refractivity contribution in [1.82, 2.24) is 4.90 Å². The van der Waals surface area contributed by atoms with Crippen LogP contribution in [0.2, 0.25) is 0 Å². The number of rotatable bonds is 5. The van der Waals surface area contributed by atoms with Crippen molar-refractivity contribution in [3.8, 4) is 0 Å². The Hall–Kier alpha value is -1.80. The highest BCUT2D eigenvalue weighted by Crippen LogP contribution is 2.32. The van der Waals surface area contributed by atoms with Gasteiger partial charge in [-0.05, 0) is 44.4 Å². The van der Waals surface area contributed by atoms with Crippen LogP contribution >= 0.6 is 12.4 Å². The van der Waals surface area contributed by atoms with Gasteiger partial charge in [-0.1, -0.05) is 25.0 Å². The molecular weight excluding hydrogens is 395 g/mol. The van der Waals surface area contributed by atoms with Gasteiger partial charge in [0.1, 0.15) is 0 Å². The largest absolute Gasteiger partial charge is 0.471 e. The first-order valence-electron chi connectivity index (χ1n) is 9.09. The summed E-state index contributed by atoms with van der Waals surface area (Å²) in [4.78, 5) is 24.8. The second kappa shape index (κ2) is 9.60. The molecule has 2 rings (SSSR count). The van der Waals surface area contributed by atoms with E-state index in [9.17, 15) is 22.8 Å². The van der Waals surface area contributed by atoms with Crippen LogP contribution < -0.4 is 11.1 Å². The van der Waals surface area contributed by atoms with E-state index in [1.807, 2.05) is 6.92 Å². The van der Waals surface area contributed by atoms with E-state index in [4.69, 9.17) is 5.73 Å². The van der Waals surface area contributed by atoms with Crippen molar-refractivity contribution in [2.24, 2.45) is 11.7 Å². The number of anilines is 1. The van der Waals surface area contributed by atoms with Gasteiger partial charge in [0.2, 0.25) is 5.91 Å². The van der Waals surface area contributed by atoms with Crippen LogP contribution in [-0.4, -0.2) is 35.0 Å². The molecule has 1 fully saturated rings. The van der Waals surface area contributed by atoms with Gasteiger partial charge in [0.15, 0.2) is 0 Å². The third-order valence-corrected chi connectivity index (χ3v) is 5.05. The quantitative estimate of drug-likeness (QED) is 0.757. The van der Waals surface area contributed by atoms with Crippen molar-refractivity contribution in [1.29, 1.82) is 0 Å². The van der Waals surface area contributed by atoms with E-state index in [0.29, 0.717) is 17.7 Å². The van der Waals surface area contributed by atoms with Gasteiger partial charge < -0.3 is 16.0 Å². The van der Waals surface area contributed by atoms with Gasteiger partial charge in [-0.25, -0.2) is 0 Å². The van der Waals surface area contributed by atoms with Crippen LogP contribution in [0.15, 0.2) is 24.3 Å². The number of halogens is 4. The minimum Gasteiger partial charge on any atom is -0.331 e. The third-order valence-electron chi connectivity index (χ3n) is 5.05. The molecule has 1 aliphatic carbocycles. The normalized spacial score (nSPS) is 22.1. The Morgan fingerprint density at radius 2 is 2.00 bits per heavy atom. The molecule has 0 aliphatic heterocycles. The molecule has 3 N–H and O–H groups in total. The number of alkyl halides is 3. The first-order valence-corrected chi connectivity index (χ1v) is 9.09. The topological polar surface area (TPSA) is 75.4 Å². The molecule has 158 valence electrons. The van der Waals surface area contributed by atoms with Crippen LogP contribution in [0.25, 0.3) is 0 Å². The molecule has 0 bridgehead atoms. The molecule has 9 heteroatoms. The Bertz CT molecular complexity index is 695. The molecule has 2 amide bonds. The first-order chi connectivity index (χ1) is 12.5. The van der Waals surface area contributed by atoms with Crippen LogP contribution in [0.1, 0.15) is 45.1 Å². The fourth-order valence-electron chi connectivity index (χ4n) is 3.49. The number of nitrogens with zero attached hydrogens (tertiary/aromatic N) is 1. The predicted molar refractivity (Wildman–Crippen MR) is 104 cm³/mol. The van der Waals surface area contributed by atoms with Crippen molar-refractivity contribution in [2.45, 2.75) is 57.8 Å². The number of amides is 2. The van der Waals surface area contributed by atoms with Gasteiger partial charge in [-0.3, -0.25) is 9.59 Å². The number of benzene rings is 1. The zero-order chi connectivity index (χ0) is 20.2.